The van der Waals surface area contributed by atoms with E-state index in [1.165, 1.54) is 11.1 Å². The molecule has 2 aromatic carbocycles. The van der Waals surface area contributed by atoms with E-state index >= 15 is 0 Å². The first-order valence-corrected chi connectivity index (χ1v) is 7.45. The minimum Gasteiger partial charge on any atom is -0.329 e. The molecule has 0 unspecified atom stereocenters. The van der Waals surface area contributed by atoms with E-state index in [2.05, 4.69) is 48.5 Å². The average Bonchev–Trinajstić information content (AvgIpc) is 2.50. The lowest BCUT2D eigenvalue weighted by Gasteiger charge is -2.22. The smallest absolute Gasteiger partial charge is 0.0426 e. The Hall–Kier alpha value is -1.29. The molecule has 3 heteroatoms. The number of rotatable bonds is 6. The summed E-state index contributed by atoms with van der Waals surface area (Å²) in [7, 11) is 0. The van der Waals surface area contributed by atoms with Gasteiger partial charge in [0.25, 0.3) is 0 Å². The van der Waals surface area contributed by atoms with E-state index in [1.54, 1.807) is 0 Å². The van der Waals surface area contributed by atoms with Crippen LogP contribution >= 0.6 is 11.8 Å². The molecule has 0 saturated carbocycles. The Balaban J connectivity index is 2.13. The fraction of sp³-hybridized carbons (Fsp3) is 0.250. The van der Waals surface area contributed by atoms with E-state index in [-0.39, 0.29) is 10.5 Å². The summed E-state index contributed by atoms with van der Waals surface area (Å²) in [4.78, 5) is 0. The van der Waals surface area contributed by atoms with Crippen LogP contribution in [0.2, 0.25) is 0 Å². The molecule has 100 valence electrons. The minimum absolute atomic E-state index is 0.287. The van der Waals surface area contributed by atoms with Crippen molar-refractivity contribution in [1.82, 2.24) is 0 Å². The van der Waals surface area contributed by atoms with Crippen LogP contribution in [0.25, 0.3) is 0 Å². The Morgan fingerprint density at radius 3 is 1.37 bits per heavy atom. The highest BCUT2D eigenvalue weighted by atomic mass is 32.2. The van der Waals surface area contributed by atoms with Crippen molar-refractivity contribution in [3.8, 4) is 0 Å². The Bertz CT molecular complexity index is 427. The molecule has 2 nitrogen and oxygen atoms in total. The summed E-state index contributed by atoms with van der Waals surface area (Å²) in [5, 5.41) is 0.574. The summed E-state index contributed by atoms with van der Waals surface area (Å²) < 4.78 is 0. The molecule has 19 heavy (non-hydrogen) atoms. The predicted octanol–water partition coefficient (Wildman–Crippen LogP) is 3.12. The van der Waals surface area contributed by atoms with Gasteiger partial charge in [0.05, 0.1) is 0 Å². The van der Waals surface area contributed by atoms with Gasteiger partial charge in [-0.3, -0.25) is 0 Å². The molecule has 4 N–H and O–H groups in total. The van der Waals surface area contributed by atoms with E-state index < -0.39 is 0 Å². The Morgan fingerprint density at radius 1 is 0.684 bits per heavy atom. The van der Waals surface area contributed by atoms with Gasteiger partial charge in [-0.05, 0) is 11.1 Å². The van der Waals surface area contributed by atoms with Crippen LogP contribution in [0.15, 0.2) is 60.7 Å². The third-order valence-corrected chi connectivity index (χ3v) is 4.69. The largest absolute Gasteiger partial charge is 0.329 e. The lowest BCUT2D eigenvalue weighted by molar-refractivity contribution is 0.894. The van der Waals surface area contributed by atoms with Crippen LogP contribution < -0.4 is 11.5 Å². The van der Waals surface area contributed by atoms with Gasteiger partial charge in [-0.15, -0.1) is 11.8 Å². The summed E-state index contributed by atoms with van der Waals surface area (Å²) in [6, 6.07) is 20.8. The first kappa shape index (κ1) is 14.1. The third kappa shape index (κ3) is 3.83. The lowest BCUT2D eigenvalue weighted by Crippen LogP contribution is -2.15. The molecule has 0 aliphatic heterocycles. The van der Waals surface area contributed by atoms with Gasteiger partial charge in [-0.2, -0.15) is 0 Å². The van der Waals surface area contributed by atoms with Crippen molar-refractivity contribution in [1.29, 1.82) is 0 Å². The molecule has 2 aromatic rings. The minimum atomic E-state index is 0.287. The summed E-state index contributed by atoms with van der Waals surface area (Å²) >= 11 is 1.85. The molecule has 0 bridgehead atoms. The summed E-state index contributed by atoms with van der Waals surface area (Å²) in [5.41, 5.74) is 14.4. The van der Waals surface area contributed by atoms with Crippen LogP contribution in [0.1, 0.15) is 21.6 Å². The van der Waals surface area contributed by atoms with Crippen LogP contribution in [0.4, 0.5) is 0 Å². The molecule has 0 heterocycles. The zero-order chi connectivity index (χ0) is 13.5. The van der Waals surface area contributed by atoms with E-state index in [9.17, 15) is 0 Å². The van der Waals surface area contributed by atoms with Crippen LogP contribution in [-0.4, -0.2) is 13.1 Å². The molecule has 0 radical (unpaired) electrons. The van der Waals surface area contributed by atoms with Crippen molar-refractivity contribution in [3.63, 3.8) is 0 Å². The highest BCUT2D eigenvalue weighted by Gasteiger charge is 2.17. The Kier molecular flexibility index (Phi) is 5.45. The van der Waals surface area contributed by atoms with Gasteiger partial charge in [0, 0.05) is 23.6 Å². The number of benzene rings is 2. The monoisotopic (exact) mass is 272 g/mol. The van der Waals surface area contributed by atoms with Gasteiger partial charge >= 0.3 is 0 Å². The van der Waals surface area contributed by atoms with Crippen molar-refractivity contribution >= 4 is 11.8 Å². The number of nitrogens with two attached hydrogens (primary N) is 2. The topological polar surface area (TPSA) is 52.0 Å². The first-order chi connectivity index (χ1) is 9.35. The molecule has 2 rings (SSSR count). The van der Waals surface area contributed by atoms with Crippen molar-refractivity contribution in [3.05, 3.63) is 71.8 Å². The van der Waals surface area contributed by atoms with Gasteiger partial charge in [-0.1, -0.05) is 60.7 Å². The van der Waals surface area contributed by atoms with E-state index in [0.717, 1.165) is 0 Å². The number of thioether (sulfide) groups is 1. The van der Waals surface area contributed by atoms with Crippen LogP contribution in [-0.2, 0) is 0 Å². The normalized spacial score (nSPS) is 14.0. The molecular weight excluding hydrogens is 252 g/mol. The van der Waals surface area contributed by atoms with Crippen molar-refractivity contribution in [2.75, 3.05) is 13.1 Å². The van der Waals surface area contributed by atoms with Crippen LogP contribution in [0.5, 0.6) is 0 Å². The maximum Gasteiger partial charge on any atom is 0.0426 e. The zero-order valence-corrected chi connectivity index (χ0v) is 11.7. The second-order valence-corrected chi connectivity index (χ2v) is 5.82. The van der Waals surface area contributed by atoms with Gasteiger partial charge in [0.1, 0.15) is 0 Å². The summed E-state index contributed by atoms with van der Waals surface area (Å²) in [6.45, 7) is 1.25. The SMILES string of the molecule is NC[C@@H](S[C@H](CN)c1ccccc1)c1ccccc1. The Labute approximate surface area is 119 Å². The summed E-state index contributed by atoms with van der Waals surface area (Å²) in [5.74, 6) is 0. The van der Waals surface area contributed by atoms with Crippen LogP contribution in [0, 0.1) is 0 Å². The standard InChI is InChI=1S/C16H20N2S/c17-11-15(13-7-3-1-4-8-13)19-16(12-18)14-9-5-2-6-10-14/h1-10,15-16H,11-12,17-18H2/t15-,16-/m1/s1. The second-order valence-electron chi connectivity index (χ2n) is 4.41. The van der Waals surface area contributed by atoms with Crippen LogP contribution in [0.3, 0.4) is 0 Å². The molecule has 0 amide bonds. The van der Waals surface area contributed by atoms with Crippen molar-refractivity contribution in [2.45, 2.75) is 10.5 Å². The third-order valence-electron chi connectivity index (χ3n) is 3.10. The van der Waals surface area contributed by atoms with Crippen molar-refractivity contribution < 1.29 is 0 Å². The maximum atomic E-state index is 5.92. The fourth-order valence-electron chi connectivity index (χ4n) is 2.07. The summed E-state index contributed by atoms with van der Waals surface area (Å²) in [6.07, 6.45) is 0. The zero-order valence-electron chi connectivity index (χ0n) is 10.9. The second kappa shape index (κ2) is 7.34. The quantitative estimate of drug-likeness (QED) is 0.849. The van der Waals surface area contributed by atoms with E-state index in [4.69, 9.17) is 11.5 Å². The van der Waals surface area contributed by atoms with Crippen molar-refractivity contribution in [2.24, 2.45) is 11.5 Å². The molecule has 2 atom stereocenters. The maximum absolute atomic E-state index is 5.92. The number of hydrogen-bond donors (Lipinski definition) is 2. The Morgan fingerprint density at radius 2 is 1.05 bits per heavy atom. The van der Waals surface area contributed by atoms with E-state index in [1.807, 2.05) is 23.9 Å². The molecule has 0 aliphatic rings. The number of hydrogen-bond acceptors (Lipinski definition) is 3. The van der Waals surface area contributed by atoms with Gasteiger partial charge < -0.3 is 11.5 Å². The fourth-order valence-corrected chi connectivity index (χ4v) is 3.32. The van der Waals surface area contributed by atoms with E-state index in [0.29, 0.717) is 13.1 Å². The predicted molar refractivity (Wildman–Crippen MR) is 84.1 cm³/mol. The molecule has 0 saturated heterocycles. The molecule has 0 aliphatic carbocycles. The lowest BCUT2D eigenvalue weighted by atomic mass is 10.1. The average molecular weight is 272 g/mol. The molecule has 0 aromatic heterocycles. The van der Waals surface area contributed by atoms with Gasteiger partial charge in [0.15, 0.2) is 0 Å². The van der Waals surface area contributed by atoms with Gasteiger partial charge in [0.2, 0.25) is 0 Å². The molecule has 0 fully saturated rings. The highest BCUT2D eigenvalue weighted by molar-refractivity contribution is 7.99. The molecular formula is C16H20N2S. The molecule has 0 spiro atoms. The highest BCUT2D eigenvalue weighted by Crippen LogP contribution is 2.39. The first-order valence-electron chi connectivity index (χ1n) is 6.50. The van der Waals surface area contributed by atoms with Gasteiger partial charge in [-0.25, -0.2) is 0 Å².